The van der Waals surface area contributed by atoms with Crippen LogP contribution in [0.3, 0.4) is 0 Å². The maximum atomic E-state index is 11.7. The molecule has 1 N–H and O–H groups in total. The molecule has 0 aliphatic heterocycles. The Morgan fingerprint density at radius 2 is 2.22 bits per heavy atom. The van der Waals surface area contributed by atoms with Crippen LogP contribution < -0.4 is 5.32 Å². The highest BCUT2D eigenvalue weighted by atomic mass is 16.5. The second-order valence-electron chi connectivity index (χ2n) is 4.15. The van der Waals surface area contributed by atoms with Crippen LogP contribution in [0.5, 0.6) is 0 Å². The molecule has 0 atom stereocenters. The van der Waals surface area contributed by atoms with Gasteiger partial charge in [-0.25, -0.2) is 0 Å². The molecule has 1 aromatic carbocycles. The zero-order valence-electron chi connectivity index (χ0n) is 10.4. The third-order valence-electron chi connectivity index (χ3n) is 2.44. The average molecular weight is 245 g/mol. The van der Waals surface area contributed by atoms with Crippen molar-refractivity contribution >= 4 is 11.6 Å². The van der Waals surface area contributed by atoms with E-state index < -0.39 is 0 Å². The van der Waals surface area contributed by atoms with Crippen LogP contribution in [0.4, 0.5) is 5.69 Å². The van der Waals surface area contributed by atoms with Crippen molar-refractivity contribution < 1.29 is 9.32 Å². The molecule has 5 nitrogen and oxygen atoms in total. The van der Waals surface area contributed by atoms with Crippen molar-refractivity contribution in [3.63, 3.8) is 0 Å². The zero-order chi connectivity index (χ0) is 13.0. The summed E-state index contributed by atoms with van der Waals surface area (Å²) in [4.78, 5) is 15.7. The SMILES string of the molecule is Cc1cccc(NC(=O)CCc2nc(C)no2)c1. The first-order chi connectivity index (χ1) is 8.63. The van der Waals surface area contributed by atoms with Gasteiger partial charge >= 0.3 is 0 Å². The Bertz CT molecular complexity index is 549. The number of benzene rings is 1. The summed E-state index contributed by atoms with van der Waals surface area (Å²) >= 11 is 0. The Morgan fingerprint density at radius 1 is 1.39 bits per heavy atom. The summed E-state index contributed by atoms with van der Waals surface area (Å²) in [6, 6.07) is 7.68. The molecule has 0 saturated heterocycles. The van der Waals surface area contributed by atoms with E-state index in [1.807, 2.05) is 31.2 Å². The minimum Gasteiger partial charge on any atom is -0.339 e. The fourth-order valence-electron chi connectivity index (χ4n) is 1.61. The fourth-order valence-corrected chi connectivity index (χ4v) is 1.61. The van der Waals surface area contributed by atoms with Crippen molar-refractivity contribution in [2.75, 3.05) is 5.32 Å². The van der Waals surface area contributed by atoms with Gasteiger partial charge in [0.25, 0.3) is 0 Å². The molecule has 18 heavy (non-hydrogen) atoms. The predicted octanol–water partition coefficient (Wildman–Crippen LogP) is 2.26. The zero-order valence-corrected chi connectivity index (χ0v) is 10.4. The number of aromatic nitrogens is 2. The van der Waals surface area contributed by atoms with Gasteiger partial charge in [0.05, 0.1) is 0 Å². The lowest BCUT2D eigenvalue weighted by molar-refractivity contribution is -0.116. The molecule has 2 rings (SSSR count). The normalized spacial score (nSPS) is 10.3. The monoisotopic (exact) mass is 245 g/mol. The van der Waals surface area contributed by atoms with E-state index in [4.69, 9.17) is 4.52 Å². The van der Waals surface area contributed by atoms with Crippen molar-refractivity contribution in [1.82, 2.24) is 10.1 Å². The number of anilines is 1. The van der Waals surface area contributed by atoms with Crippen LogP contribution >= 0.6 is 0 Å². The molecule has 0 unspecified atom stereocenters. The minimum atomic E-state index is -0.0588. The Morgan fingerprint density at radius 3 is 2.89 bits per heavy atom. The van der Waals surface area contributed by atoms with Gasteiger partial charge in [-0.3, -0.25) is 4.79 Å². The topological polar surface area (TPSA) is 68.0 Å². The van der Waals surface area contributed by atoms with Crippen LogP contribution in [0.2, 0.25) is 0 Å². The lowest BCUT2D eigenvalue weighted by Crippen LogP contribution is -2.12. The highest BCUT2D eigenvalue weighted by molar-refractivity contribution is 5.90. The molecule has 0 fully saturated rings. The van der Waals surface area contributed by atoms with Gasteiger partial charge in [-0.15, -0.1) is 0 Å². The Balaban J connectivity index is 1.85. The molecule has 1 amide bonds. The van der Waals surface area contributed by atoms with Gasteiger partial charge < -0.3 is 9.84 Å². The summed E-state index contributed by atoms with van der Waals surface area (Å²) in [6.45, 7) is 3.73. The molecule has 94 valence electrons. The fraction of sp³-hybridized carbons (Fsp3) is 0.308. The smallest absolute Gasteiger partial charge is 0.227 e. The Hall–Kier alpha value is -2.17. The van der Waals surface area contributed by atoms with E-state index in [9.17, 15) is 4.79 Å². The van der Waals surface area contributed by atoms with E-state index in [1.54, 1.807) is 6.92 Å². The summed E-state index contributed by atoms with van der Waals surface area (Å²) in [5.41, 5.74) is 1.92. The van der Waals surface area contributed by atoms with E-state index in [1.165, 1.54) is 0 Å². The maximum Gasteiger partial charge on any atom is 0.227 e. The highest BCUT2D eigenvalue weighted by Gasteiger charge is 2.07. The van der Waals surface area contributed by atoms with Crippen LogP contribution in [-0.2, 0) is 11.2 Å². The molecular weight excluding hydrogens is 230 g/mol. The van der Waals surface area contributed by atoms with Crippen molar-refractivity contribution in [2.45, 2.75) is 26.7 Å². The first-order valence-corrected chi connectivity index (χ1v) is 5.79. The summed E-state index contributed by atoms with van der Waals surface area (Å²) in [5, 5.41) is 6.50. The first-order valence-electron chi connectivity index (χ1n) is 5.79. The summed E-state index contributed by atoms with van der Waals surface area (Å²) in [6.07, 6.45) is 0.786. The molecule has 5 heteroatoms. The highest BCUT2D eigenvalue weighted by Crippen LogP contribution is 2.10. The van der Waals surface area contributed by atoms with Gasteiger partial charge in [-0.2, -0.15) is 4.98 Å². The van der Waals surface area contributed by atoms with Crippen molar-refractivity contribution in [2.24, 2.45) is 0 Å². The molecule has 0 saturated carbocycles. The number of hydrogen-bond acceptors (Lipinski definition) is 4. The average Bonchev–Trinajstić information content (AvgIpc) is 2.73. The van der Waals surface area contributed by atoms with E-state index >= 15 is 0 Å². The molecule has 2 aromatic rings. The minimum absolute atomic E-state index is 0.0588. The molecule has 1 heterocycles. The second kappa shape index (κ2) is 5.44. The molecule has 0 radical (unpaired) electrons. The molecule has 0 spiro atoms. The quantitative estimate of drug-likeness (QED) is 0.897. The molecule has 1 aromatic heterocycles. The van der Waals surface area contributed by atoms with Crippen molar-refractivity contribution in [1.29, 1.82) is 0 Å². The first kappa shape index (κ1) is 12.3. The van der Waals surface area contributed by atoms with E-state index in [-0.39, 0.29) is 5.91 Å². The number of aryl methyl sites for hydroxylation is 3. The van der Waals surface area contributed by atoms with Crippen LogP contribution in [0.1, 0.15) is 23.7 Å². The number of rotatable bonds is 4. The number of nitrogens with zero attached hydrogens (tertiary/aromatic N) is 2. The number of carbonyl (C=O) groups is 1. The van der Waals surface area contributed by atoms with Gasteiger partial charge in [-0.1, -0.05) is 17.3 Å². The molecular formula is C13H15N3O2. The van der Waals surface area contributed by atoms with E-state index in [2.05, 4.69) is 15.5 Å². The standard InChI is InChI=1S/C13H15N3O2/c1-9-4-3-5-11(8-9)15-12(17)6-7-13-14-10(2)16-18-13/h3-5,8H,6-7H2,1-2H3,(H,15,17). The van der Waals surface area contributed by atoms with Crippen LogP contribution in [-0.4, -0.2) is 16.0 Å². The van der Waals surface area contributed by atoms with Gasteiger partial charge in [0.1, 0.15) is 0 Å². The van der Waals surface area contributed by atoms with Crippen LogP contribution in [0, 0.1) is 13.8 Å². The van der Waals surface area contributed by atoms with Gasteiger partial charge in [-0.05, 0) is 31.5 Å². The van der Waals surface area contributed by atoms with E-state index in [0.717, 1.165) is 11.3 Å². The summed E-state index contributed by atoms with van der Waals surface area (Å²) in [7, 11) is 0. The maximum absolute atomic E-state index is 11.7. The van der Waals surface area contributed by atoms with E-state index in [0.29, 0.717) is 24.6 Å². The number of hydrogen-bond donors (Lipinski definition) is 1. The third-order valence-corrected chi connectivity index (χ3v) is 2.44. The van der Waals surface area contributed by atoms with Gasteiger partial charge in [0.15, 0.2) is 5.82 Å². The second-order valence-corrected chi connectivity index (χ2v) is 4.15. The number of amides is 1. The largest absolute Gasteiger partial charge is 0.339 e. The third kappa shape index (κ3) is 3.41. The van der Waals surface area contributed by atoms with Gasteiger partial charge in [0.2, 0.25) is 11.8 Å². The number of carbonyl (C=O) groups excluding carboxylic acids is 1. The Kier molecular flexibility index (Phi) is 3.72. The summed E-state index contributed by atoms with van der Waals surface area (Å²) < 4.78 is 4.94. The van der Waals surface area contributed by atoms with Crippen LogP contribution in [0.15, 0.2) is 28.8 Å². The molecule has 0 aliphatic carbocycles. The van der Waals surface area contributed by atoms with Crippen LogP contribution in [0.25, 0.3) is 0 Å². The lowest BCUT2D eigenvalue weighted by Gasteiger charge is -2.04. The lowest BCUT2D eigenvalue weighted by atomic mass is 10.2. The van der Waals surface area contributed by atoms with Crippen molar-refractivity contribution in [3.05, 3.63) is 41.5 Å². The molecule has 0 bridgehead atoms. The predicted molar refractivity (Wildman–Crippen MR) is 67.2 cm³/mol. The van der Waals surface area contributed by atoms with Crippen molar-refractivity contribution in [3.8, 4) is 0 Å². The number of nitrogens with one attached hydrogen (secondary N) is 1. The Labute approximate surface area is 105 Å². The molecule has 0 aliphatic rings. The van der Waals surface area contributed by atoms with Gasteiger partial charge in [0, 0.05) is 18.5 Å². The summed E-state index contributed by atoms with van der Waals surface area (Å²) in [5.74, 6) is 1.02.